The van der Waals surface area contributed by atoms with Crippen molar-refractivity contribution in [1.29, 1.82) is 0 Å². The number of pyridine rings is 1. The maximum atomic E-state index is 12.6. The van der Waals surface area contributed by atoms with Gasteiger partial charge in [0.2, 0.25) is 15.0 Å². The third-order valence-corrected chi connectivity index (χ3v) is 4.25. The summed E-state index contributed by atoms with van der Waals surface area (Å²) in [4.78, 5) is 16.4. The summed E-state index contributed by atoms with van der Waals surface area (Å²) in [7, 11) is 1.35. The van der Waals surface area contributed by atoms with Crippen LogP contribution in [0.4, 0.5) is 18.9 Å². The van der Waals surface area contributed by atoms with E-state index in [4.69, 9.17) is 10.7 Å². The highest BCUT2D eigenvalue weighted by Gasteiger charge is 2.35. The third kappa shape index (κ3) is 4.07. The van der Waals surface area contributed by atoms with Crippen molar-refractivity contribution in [1.82, 2.24) is 4.98 Å². The lowest BCUT2D eigenvalue weighted by Gasteiger charge is -2.17. The number of alkyl halides is 3. The zero-order valence-corrected chi connectivity index (χ0v) is 12.0. The Morgan fingerprint density at radius 2 is 2.05 bits per heavy atom. The van der Waals surface area contributed by atoms with Gasteiger partial charge in [0.1, 0.15) is 0 Å². The first-order valence-corrected chi connectivity index (χ1v) is 8.29. The highest BCUT2D eigenvalue weighted by Crippen LogP contribution is 2.33. The van der Waals surface area contributed by atoms with Gasteiger partial charge in [0, 0.05) is 35.8 Å². The molecule has 0 N–H and O–H groups in total. The standard InChI is InChI=1S/C11H10ClF3N2O3S/c12-21(19,20)6-7-1-10(18)17(5-7)9-2-8(3-16-4-9)11(13,14)15/h2-4,7H,1,5-6H2. The molecule has 116 valence electrons. The van der Waals surface area contributed by atoms with Crippen LogP contribution < -0.4 is 4.90 Å². The second kappa shape index (κ2) is 5.45. The molecule has 10 heteroatoms. The number of nitrogens with zero attached hydrogens (tertiary/aromatic N) is 2. The van der Waals surface area contributed by atoms with Crippen LogP contribution in [0.5, 0.6) is 0 Å². The summed E-state index contributed by atoms with van der Waals surface area (Å²) in [6, 6.07) is 0.808. The smallest absolute Gasteiger partial charge is 0.311 e. The molecule has 2 heterocycles. The van der Waals surface area contributed by atoms with Crippen LogP contribution in [0, 0.1) is 5.92 Å². The number of carbonyl (C=O) groups is 1. The fourth-order valence-electron chi connectivity index (χ4n) is 2.15. The van der Waals surface area contributed by atoms with Crippen LogP contribution in [-0.2, 0) is 20.0 Å². The summed E-state index contributed by atoms with van der Waals surface area (Å²) in [6.45, 7) is -0.00618. The average molecular weight is 343 g/mol. The molecule has 0 bridgehead atoms. The van der Waals surface area contributed by atoms with E-state index in [0.29, 0.717) is 6.20 Å². The summed E-state index contributed by atoms with van der Waals surface area (Å²) in [5, 5.41) is 0. The van der Waals surface area contributed by atoms with Crippen LogP contribution in [0.25, 0.3) is 0 Å². The Bertz CT molecular complexity index is 663. The molecule has 5 nitrogen and oxygen atoms in total. The number of hydrogen-bond acceptors (Lipinski definition) is 4. The molecule has 1 aliphatic heterocycles. The van der Waals surface area contributed by atoms with E-state index in [9.17, 15) is 26.4 Å². The first kappa shape index (κ1) is 16.0. The van der Waals surface area contributed by atoms with Crippen LogP contribution in [0.15, 0.2) is 18.5 Å². The summed E-state index contributed by atoms with van der Waals surface area (Å²) in [5.74, 6) is -1.40. The zero-order valence-electron chi connectivity index (χ0n) is 10.5. The molecule has 2 rings (SSSR count). The molecule has 0 radical (unpaired) electrons. The first-order chi connectivity index (χ1) is 9.56. The van der Waals surface area contributed by atoms with Crippen molar-refractivity contribution in [2.45, 2.75) is 12.6 Å². The lowest BCUT2D eigenvalue weighted by Crippen LogP contribution is -2.26. The van der Waals surface area contributed by atoms with Crippen LogP contribution >= 0.6 is 10.7 Å². The number of amides is 1. The van der Waals surface area contributed by atoms with Gasteiger partial charge in [-0.1, -0.05) is 0 Å². The minimum atomic E-state index is -4.56. The summed E-state index contributed by atoms with van der Waals surface area (Å²) in [5.41, 5.74) is -0.981. The van der Waals surface area contributed by atoms with Crippen LogP contribution in [0.1, 0.15) is 12.0 Å². The number of rotatable bonds is 3. The maximum absolute atomic E-state index is 12.6. The third-order valence-electron chi connectivity index (χ3n) is 3.00. The molecule has 1 saturated heterocycles. The van der Waals surface area contributed by atoms with Gasteiger partial charge in [0.15, 0.2) is 0 Å². The summed E-state index contributed by atoms with van der Waals surface area (Å²) < 4.78 is 59.8. The summed E-state index contributed by atoms with van der Waals surface area (Å²) in [6.07, 6.45) is -2.86. The molecule has 21 heavy (non-hydrogen) atoms. The highest BCUT2D eigenvalue weighted by atomic mass is 35.7. The van der Waals surface area contributed by atoms with E-state index in [1.165, 1.54) is 0 Å². The molecular weight excluding hydrogens is 333 g/mol. The Morgan fingerprint density at radius 3 is 2.62 bits per heavy atom. The van der Waals surface area contributed by atoms with Crippen LogP contribution in [0.2, 0.25) is 0 Å². The Hall–Kier alpha value is -1.35. The van der Waals surface area contributed by atoms with Crippen molar-refractivity contribution in [3.63, 3.8) is 0 Å². The van der Waals surface area contributed by atoms with Crippen LogP contribution in [-0.4, -0.2) is 31.6 Å². The predicted molar refractivity (Wildman–Crippen MR) is 69.3 cm³/mol. The van der Waals surface area contributed by atoms with Crippen molar-refractivity contribution < 1.29 is 26.4 Å². The SMILES string of the molecule is O=C1CC(CS(=O)(=O)Cl)CN1c1cncc(C(F)(F)F)c1. The number of halogens is 4. The summed E-state index contributed by atoms with van der Waals surface area (Å²) >= 11 is 0. The molecule has 1 unspecified atom stereocenters. The molecule has 0 saturated carbocycles. The molecule has 1 fully saturated rings. The second-order valence-corrected chi connectivity index (χ2v) is 7.53. The minimum Gasteiger partial charge on any atom is -0.311 e. The number of hydrogen-bond donors (Lipinski definition) is 0. The van der Waals surface area contributed by atoms with E-state index in [2.05, 4.69) is 4.98 Å². The largest absolute Gasteiger partial charge is 0.417 e. The number of aromatic nitrogens is 1. The van der Waals surface area contributed by atoms with Gasteiger partial charge in [-0.25, -0.2) is 8.42 Å². The first-order valence-electron chi connectivity index (χ1n) is 5.81. The van der Waals surface area contributed by atoms with Gasteiger partial charge in [-0.3, -0.25) is 9.78 Å². The predicted octanol–water partition coefficient (Wildman–Crippen LogP) is 2.02. The molecule has 1 aliphatic rings. The van der Waals surface area contributed by atoms with Gasteiger partial charge in [-0.05, 0) is 6.07 Å². The molecule has 0 aromatic carbocycles. The van der Waals surface area contributed by atoms with Gasteiger partial charge in [0.05, 0.1) is 23.2 Å². The number of anilines is 1. The van der Waals surface area contributed by atoms with E-state index < -0.39 is 38.4 Å². The molecule has 1 aromatic rings. The molecule has 0 spiro atoms. The molecule has 1 aromatic heterocycles. The van der Waals surface area contributed by atoms with Gasteiger partial charge in [0.25, 0.3) is 0 Å². The molecule has 1 amide bonds. The van der Waals surface area contributed by atoms with Crippen LogP contribution in [0.3, 0.4) is 0 Å². The number of carbonyl (C=O) groups excluding carboxylic acids is 1. The lowest BCUT2D eigenvalue weighted by atomic mass is 10.1. The fourth-order valence-corrected chi connectivity index (χ4v) is 3.48. The Morgan fingerprint density at radius 1 is 1.38 bits per heavy atom. The van der Waals surface area contributed by atoms with Crippen molar-refractivity contribution in [2.24, 2.45) is 5.92 Å². The Balaban J connectivity index is 2.21. The van der Waals surface area contributed by atoms with Crippen molar-refractivity contribution in [2.75, 3.05) is 17.2 Å². The fraction of sp³-hybridized carbons (Fsp3) is 0.455. The van der Waals surface area contributed by atoms with Crippen molar-refractivity contribution >= 4 is 31.3 Å². The topological polar surface area (TPSA) is 67.3 Å². The maximum Gasteiger partial charge on any atom is 0.417 e. The van der Waals surface area contributed by atoms with Gasteiger partial charge in [-0.2, -0.15) is 13.2 Å². The van der Waals surface area contributed by atoms with E-state index in [1.54, 1.807) is 0 Å². The molecule has 0 aliphatic carbocycles. The minimum absolute atomic E-state index is 0.00618. The van der Waals surface area contributed by atoms with E-state index in [-0.39, 0.29) is 18.7 Å². The second-order valence-electron chi connectivity index (χ2n) is 4.71. The zero-order chi connectivity index (χ0) is 15.8. The average Bonchev–Trinajstić information content (AvgIpc) is 2.67. The monoisotopic (exact) mass is 342 g/mol. The van der Waals surface area contributed by atoms with E-state index >= 15 is 0 Å². The van der Waals surface area contributed by atoms with E-state index in [0.717, 1.165) is 17.2 Å². The lowest BCUT2D eigenvalue weighted by molar-refractivity contribution is -0.137. The Kier molecular flexibility index (Phi) is 4.16. The quantitative estimate of drug-likeness (QED) is 0.788. The van der Waals surface area contributed by atoms with Gasteiger partial charge < -0.3 is 4.90 Å². The Labute approximate surface area is 123 Å². The highest BCUT2D eigenvalue weighted by molar-refractivity contribution is 8.13. The normalized spacial score (nSPS) is 20.1. The van der Waals surface area contributed by atoms with Crippen molar-refractivity contribution in [3.8, 4) is 0 Å². The molecular formula is C11H10ClF3N2O3S. The van der Waals surface area contributed by atoms with Gasteiger partial charge >= 0.3 is 6.18 Å². The molecule has 1 atom stereocenters. The van der Waals surface area contributed by atoms with Crippen molar-refractivity contribution in [3.05, 3.63) is 24.0 Å². The van der Waals surface area contributed by atoms with Gasteiger partial charge in [-0.15, -0.1) is 0 Å². The van der Waals surface area contributed by atoms with E-state index in [1.807, 2.05) is 0 Å².